The third-order valence-corrected chi connectivity index (χ3v) is 5.76. The molecule has 0 bridgehead atoms. The molecule has 0 aliphatic heterocycles. The molecule has 8 heteroatoms. The number of pyridine rings is 1. The highest BCUT2D eigenvalue weighted by Crippen LogP contribution is 2.43. The predicted molar refractivity (Wildman–Crippen MR) is 117 cm³/mol. The Labute approximate surface area is 185 Å². The first kappa shape index (κ1) is 21.5. The molecular formula is C24H24N4O4. The van der Waals surface area contributed by atoms with Crippen molar-refractivity contribution in [3.05, 3.63) is 52.0 Å². The first-order chi connectivity index (χ1) is 15.3. The van der Waals surface area contributed by atoms with Crippen LogP contribution in [0.4, 0.5) is 0 Å². The molecule has 1 aliphatic carbocycles. The Bertz CT molecular complexity index is 1260. The van der Waals surface area contributed by atoms with Gasteiger partial charge in [0.05, 0.1) is 43.0 Å². The van der Waals surface area contributed by atoms with Gasteiger partial charge in [-0.15, -0.1) is 0 Å². The number of fused-ring (bicyclic) bond motifs is 1. The van der Waals surface area contributed by atoms with E-state index in [1.807, 2.05) is 19.9 Å². The standard InChI is InChI=1S/C24H24N4O4/c1-12-8-14(3)26-22-19(12)27-21(15-6-7-15)28(22)20-17(23(29)31-4)9-16(13(2)11-25)10-18(20)24(30)32-5/h8-10,13,15H,6-7H2,1-5H3. The second-order valence-electron chi connectivity index (χ2n) is 8.13. The molecule has 0 amide bonds. The van der Waals surface area contributed by atoms with Gasteiger partial charge in [-0.2, -0.15) is 5.26 Å². The third-order valence-electron chi connectivity index (χ3n) is 5.76. The van der Waals surface area contributed by atoms with Crippen molar-refractivity contribution in [1.82, 2.24) is 14.5 Å². The van der Waals surface area contributed by atoms with Crippen LogP contribution in [0.2, 0.25) is 0 Å². The summed E-state index contributed by atoms with van der Waals surface area (Å²) in [4.78, 5) is 35.4. The van der Waals surface area contributed by atoms with Crippen LogP contribution in [-0.4, -0.2) is 40.7 Å². The van der Waals surface area contributed by atoms with Crippen LogP contribution in [0.25, 0.3) is 16.9 Å². The predicted octanol–water partition coefficient (Wildman–Crippen LogP) is 4.12. The number of hydrogen-bond donors (Lipinski definition) is 0. The summed E-state index contributed by atoms with van der Waals surface area (Å²) in [7, 11) is 2.56. The van der Waals surface area contributed by atoms with Gasteiger partial charge in [0.2, 0.25) is 0 Å². The van der Waals surface area contributed by atoms with Crippen molar-refractivity contribution >= 4 is 23.1 Å². The maximum Gasteiger partial charge on any atom is 0.340 e. The Hall–Kier alpha value is -3.73. The van der Waals surface area contributed by atoms with Crippen molar-refractivity contribution in [2.75, 3.05) is 14.2 Å². The second-order valence-corrected chi connectivity index (χ2v) is 8.13. The Kier molecular flexibility index (Phi) is 5.43. The van der Waals surface area contributed by atoms with Gasteiger partial charge in [-0.3, -0.25) is 4.57 Å². The van der Waals surface area contributed by atoms with Gasteiger partial charge in [-0.05, 0) is 62.9 Å². The lowest BCUT2D eigenvalue weighted by Gasteiger charge is -2.18. The van der Waals surface area contributed by atoms with Crippen molar-refractivity contribution in [1.29, 1.82) is 5.26 Å². The van der Waals surface area contributed by atoms with E-state index in [1.54, 1.807) is 23.6 Å². The first-order valence-electron chi connectivity index (χ1n) is 10.4. The quantitative estimate of drug-likeness (QED) is 0.558. The minimum Gasteiger partial charge on any atom is -0.465 e. The highest BCUT2D eigenvalue weighted by molar-refractivity contribution is 6.03. The number of benzene rings is 1. The molecule has 1 unspecified atom stereocenters. The van der Waals surface area contributed by atoms with E-state index in [1.165, 1.54) is 14.2 Å². The Balaban J connectivity index is 2.17. The molecule has 1 fully saturated rings. The van der Waals surface area contributed by atoms with Gasteiger partial charge in [0.1, 0.15) is 11.3 Å². The average molecular weight is 432 g/mol. The minimum absolute atomic E-state index is 0.162. The first-order valence-corrected chi connectivity index (χ1v) is 10.4. The molecule has 4 rings (SSSR count). The summed E-state index contributed by atoms with van der Waals surface area (Å²) in [6.45, 7) is 5.56. The van der Waals surface area contributed by atoms with E-state index in [-0.39, 0.29) is 17.0 Å². The van der Waals surface area contributed by atoms with Crippen LogP contribution in [0, 0.1) is 25.2 Å². The number of hydrogen-bond acceptors (Lipinski definition) is 7. The smallest absolute Gasteiger partial charge is 0.340 e. The number of nitriles is 1. The van der Waals surface area contributed by atoms with Crippen molar-refractivity contribution in [2.45, 2.75) is 45.4 Å². The van der Waals surface area contributed by atoms with E-state index in [4.69, 9.17) is 19.4 Å². The van der Waals surface area contributed by atoms with Crippen LogP contribution >= 0.6 is 0 Å². The SMILES string of the molecule is COC(=O)c1cc(C(C)C#N)cc(C(=O)OC)c1-n1c(C2CC2)nc2c(C)cc(C)nc21. The van der Waals surface area contributed by atoms with Crippen molar-refractivity contribution in [3.63, 3.8) is 0 Å². The zero-order valence-corrected chi connectivity index (χ0v) is 18.7. The van der Waals surface area contributed by atoms with Gasteiger partial charge >= 0.3 is 11.9 Å². The second kappa shape index (κ2) is 8.08. The number of ether oxygens (including phenoxy) is 2. The van der Waals surface area contributed by atoms with Crippen LogP contribution in [0.3, 0.4) is 0 Å². The maximum absolute atomic E-state index is 12.9. The molecule has 0 N–H and O–H groups in total. The Morgan fingerprint density at radius 2 is 1.69 bits per heavy atom. The lowest BCUT2D eigenvalue weighted by atomic mass is 9.95. The third kappa shape index (κ3) is 3.50. The molecule has 1 atom stereocenters. The van der Waals surface area contributed by atoms with Crippen molar-refractivity contribution in [3.8, 4) is 11.8 Å². The number of methoxy groups -OCH3 is 2. The summed E-state index contributed by atoms with van der Waals surface area (Å²) in [5.41, 5.74) is 4.22. The molecule has 0 saturated heterocycles. The number of carbonyl (C=O) groups excluding carboxylic acids is 2. The topological polar surface area (TPSA) is 107 Å². The van der Waals surface area contributed by atoms with Gasteiger partial charge < -0.3 is 9.47 Å². The molecule has 2 heterocycles. The number of aryl methyl sites for hydroxylation is 2. The monoisotopic (exact) mass is 432 g/mol. The molecule has 1 aliphatic rings. The molecule has 8 nitrogen and oxygen atoms in total. The normalized spacial score (nSPS) is 14.1. The fourth-order valence-electron chi connectivity index (χ4n) is 3.97. The Morgan fingerprint density at radius 3 is 2.19 bits per heavy atom. The zero-order chi connectivity index (χ0) is 23.2. The molecule has 1 saturated carbocycles. The van der Waals surface area contributed by atoms with E-state index >= 15 is 0 Å². The van der Waals surface area contributed by atoms with E-state index in [0.29, 0.717) is 16.9 Å². The average Bonchev–Trinajstić information content (AvgIpc) is 3.57. The summed E-state index contributed by atoms with van der Waals surface area (Å²) in [6, 6.07) is 7.31. The Morgan fingerprint density at radius 1 is 1.09 bits per heavy atom. The molecule has 3 aromatic rings. The largest absolute Gasteiger partial charge is 0.465 e. The zero-order valence-electron chi connectivity index (χ0n) is 18.7. The molecule has 1 aromatic carbocycles. The summed E-state index contributed by atoms with van der Waals surface area (Å²) < 4.78 is 11.9. The minimum atomic E-state index is -0.620. The lowest BCUT2D eigenvalue weighted by Crippen LogP contribution is -2.17. The molecule has 0 spiro atoms. The number of nitrogens with zero attached hydrogens (tertiary/aromatic N) is 4. The van der Waals surface area contributed by atoms with Gasteiger partial charge in [0.15, 0.2) is 5.65 Å². The molecular weight excluding hydrogens is 408 g/mol. The van der Waals surface area contributed by atoms with Crippen LogP contribution in [0.5, 0.6) is 0 Å². The molecule has 2 aromatic heterocycles. The van der Waals surface area contributed by atoms with Crippen LogP contribution in [0.15, 0.2) is 18.2 Å². The number of rotatable bonds is 5. The highest BCUT2D eigenvalue weighted by Gasteiger charge is 2.34. The molecule has 164 valence electrons. The fraction of sp³-hybridized carbons (Fsp3) is 0.375. The molecule has 32 heavy (non-hydrogen) atoms. The van der Waals surface area contributed by atoms with E-state index in [9.17, 15) is 14.9 Å². The van der Waals surface area contributed by atoms with Gasteiger partial charge in [-0.1, -0.05) is 0 Å². The fourth-order valence-corrected chi connectivity index (χ4v) is 3.97. The van der Waals surface area contributed by atoms with Crippen LogP contribution in [0.1, 0.15) is 75.0 Å². The van der Waals surface area contributed by atoms with Gasteiger partial charge in [-0.25, -0.2) is 19.6 Å². The summed E-state index contributed by atoms with van der Waals surface area (Å²) in [5, 5.41) is 9.43. The van der Waals surface area contributed by atoms with E-state index < -0.39 is 17.9 Å². The van der Waals surface area contributed by atoms with Crippen LogP contribution < -0.4 is 0 Å². The number of aromatic nitrogens is 3. The lowest BCUT2D eigenvalue weighted by molar-refractivity contribution is 0.0599. The van der Waals surface area contributed by atoms with E-state index in [2.05, 4.69) is 6.07 Å². The van der Waals surface area contributed by atoms with E-state index in [0.717, 1.165) is 35.4 Å². The van der Waals surface area contributed by atoms with Crippen LogP contribution in [-0.2, 0) is 9.47 Å². The summed E-state index contributed by atoms with van der Waals surface area (Å²) in [6.07, 6.45) is 1.93. The number of esters is 2. The summed E-state index contributed by atoms with van der Waals surface area (Å²) in [5.74, 6) is -0.827. The maximum atomic E-state index is 12.9. The van der Waals surface area contributed by atoms with Crippen molar-refractivity contribution < 1.29 is 19.1 Å². The number of carbonyl (C=O) groups is 2. The van der Waals surface area contributed by atoms with Gasteiger partial charge in [0.25, 0.3) is 0 Å². The molecule has 0 radical (unpaired) electrons. The van der Waals surface area contributed by atoms with Crippen molar-refractivity contribution in [2.24, 2.45) is 0 Å². The van der Waals surface area contributed by atoms with Gasteiger partial charge in [0, 0.05) is 11.6 Å². The summed E-state index contributed by atoms with van der Waals surface area (Å²) >= 11 is 0. The number of imidazole rings is 1. The highest BCUT2D eigenvalue weighted by atomic mass is 16.5.